The summed E-state index contributed by atoms with van der Waals surface area (Å²) in [6.45, 7) is 0.443. The van der Waals surface area contributed by atoms with Gasteiger partial charge in [-0.2, -0.15) is 0 Å². The van der Waals surface area contributed by atoms with E-state index in [9.17, 15) is 27.6 Å². The third-order valence-corrected chi connectivity index (χ3v) is 4.48. The fourth-order valence-corrected chi connectivity index (χ4v) is 2.94. The summed E-state index contributed by atoms with van der Waals surface area (Å²) in [7, 11) is 0. The maximum Gasteiger partial charge on any atom is 0.325 e. The van der Waals surface area contributed by atoms with Crippen molar-refractivity contribution < 1.29 is 27.6 Å². The van der Waals surface area contributed by atoms with Gasteiger partial charge in [0.25, 0.3) is 5.91 Å². The normalized spacial score (nSPS) is 18.9. The van der Waals surface area contributed by atoms with Crippen molar-refractivity contribution in [3.8, 4) is 0 Å². The lowest BCUT2D eigenvalue weighted by molar-refractivity contribution is -0.134. The predicted octanol–water partition coefficient (Wildman–Crippen LogP) is 2.19. The zero-order valence-electron chi connectivity index (χ0n) is 14.8. The number of benzene rings is 2. The third-order valence-electron chi connectivity index (χ3n) is 4.48. The summed E-state index contributed by atoms with van der Waals surface area (Å²) in [6, 6.07) is 7.44. The van der Waals surface area contributed by atoms with Crippen LogP contribution in [0, 0.1) is 17.5 Å². The number of imide groups is 1. The van der Waals surface area contributed by atoms with Gasteiger partial charge in [0.05, 0.1) is 0 Å². The molecule has 0 bridgehead atoms. The van der Waals surface area contributed by atoms with E-state index in [0.717, 1.165) is 18.2 Å². The van der Waals surface area contributed by atoms with Gasteiger partial charge in [0.2, 0.25) is 5.91 Å². The van der Waals surface area contributed by atoms with Gasteiger partial charge in [0, 0.05) is 17.7 Å². The van der Waals surface area contributed by atoms with Crippen molar-refractivity contribution in [1.29, 1.82) is 0 Å². The molecular weight excluding hydrogens is 375 g/mol. The fraction of sp³-hybridized carbons (Fsp3) is 0.211. The second-order valence-corrected chi connectivity index (χ2v) is 6.44. The molecule has 3 rings (SSSR count). The Morgan fingerprint density at radius 2 is 1.82 bits per heavy atom. The lowest BCUT2D eigenvalue weighted by Gasteiger charge is -2.22. The third kappa shape index (κ3) is 3.55. The first-order valence-corrected chi connectivity index (χ1v) is 8.32. The number of amides is 4. The van der Waals surface area contributed by atoms with E-state index in [4.69, 9.17) is 0 Å². The van der Waals surface area contributed by atoms with E-state index in [1.807, 2.05) is 0 Å². The summed E-state index contributed by atoms with van der Waals surface area (Å²) in [6.07, 6.45) is 0. The quantitative estimate of drug-likeness (QED) is 0.767. The monoisotopic (exact) mass is 391 g/mol. The zero-order chi connectivity index (χ0) is 20.5. The first kappa shape index (κ1) is 19.4. The highest BCUT2D eigenvalue weighted by Gasteiger charge is 2.50. The van der Waals surface area contributed by atoms with E-state index in [2.05, 4.69) is 10.6 Å². The van der Waals surface area contributed by atoms with Crippen molar-refractivity contribution in [3.05, 3.63) is 71.0 Å². The Hall–Kier alpha value is -3.36. The number of hydrogen-bond acceptors (Lipinski definition) is 3. The van der Waals surface area contributed by atoms with Crippen LogP contribution in [-0.2, 0) is 21.7 Å². The van der Waals surface area contributed by atoms with E-state index in [0.29, 0.717) is 4.90 Å². The van der Waals surface area contributed by atoms with Crippen LogP contribution in [0.25, 0.3) is 0 Å². The maximum absolute atomic E-state index is 14.1. The van der Waals surface area contributed by atoms with Crippen LogP contribution in [0.2, 0.25) is 0 Å². The van der Waals surface area contributed by atoms with Crippen LogP contribution in [0.15, 0.2) is 42.5 Å². The second-order valence-electron chi connectivity index (χ2n) is 6.44. The molecule has 0 saturated carbocycles. The molecule has 0 aromatic heterocycles. The number of nitrogens with one attached hydrogen (secondary N) is 2. The van der Waals surface area contributed by atoms with E-state index >= 15 is 0 Å². The lowest BCUT2D eigenvalue weighted by atomic mass is 9.91. The van der Waals surface area contributed by atoms with Gasteiger partial charge in [-0.05, 0) is 31.2 Å². The number of urea groups is 1. The molecule has 1 atom stereocenters. The van der Waals surface area contributed by atoms with E-state index in [1.54, 1.807) is 6.07 Å². The molecule has 1 heterocycles. The summed E-state index contributed by atoms with van der Waals surface area (Å²) >= 11 is 0. The molecule has 1 fully saturated rings. The van der Waals surface area contributed by atoms with Gasteiger partial charge in [0.15, 0.2) is 0 Å². The van der Waals surface area contributed by atoms with Crippen LogP contribution in [0.3, 0.4) is 0 Å². The fourth-order valence-electron chi connectivity index (χ4n) is 2.94. The Morgan fingerprint density at radius 1 is 1.11 bits per heavy atom. The van der Waals surface area contributed by atoms with Gasteiger partial charge in [-0.3, -0.25) is 14.5 Å². The molecule has 0 aliphatic carbocycles. The molecule has 1 saturated heterocycles. The van der Waals surface area contributed by atoms with E-state index in [1.165, 1.54) is 25.1 Å². The lowest BCUT2D eigenvalue weighted by Crippen LogP contribution is -2.43. The average Bonchev–Trinajstić information content (AvgIpc) is 2.87. The first-order chi connectivity index (χ1) is 13.2. The van der Waals surface area contributed by atoms with Crippen molar-refractivity contribution in [1.82, 2.24) is 15.5 Å². The highest BCUT2D eigenvalue weighted by atomic mass is 19.1. The largest absolute Gasteiger partial charge is 0.350 e. The van der Waals surface area contributed by atoms with Gasteiger partial charge in [0.1, 0.15) is 29.5 Å². The molecule has 2 aromatic carbocycles. The Balaban J connectivity index is 1.72. The van der Waals surface area contributed by atoms with Crippen LogP contribution in [0.1, 0.15) is 18.1 Å². The smallest absolute Gasteiger partial charge is 0.325 e. The van der Waals surface area contributed by atoms with Crippen molar-refractivity contribution in [2.24, 2.45) is 0 Å². The summed E-state index contributed by atoms with van der Waals surface area (Å²) in [5.74, 6) is -3.77. The van der Waals surface area contributed by atoms with Crippen molar-refractivity contribution in [2.45, 2.75) is 19.0 Å². The van der Waals surface area contributed by atoms with Crippen LogP contribution in [0.4, 0.5) is 18.0 Å². The minimum atomic E-state index is -1.85. The number of halogens is 3. The molecule has 2 N–H and O–H groups in total. The number of nitrogens with zero attached hydrogens (tertiary/aromatic N) is 1. The van der Waals surface area contributed by atoms with Crippen LogP contribution < -0.4 is 10.6 Å². The highest BCUT2D eigenvalue weighted by Crippen LogP contribution is 2.31. The standard InChI is InChI=1S/C19H16F3N3O3/c1-19(13-8-12(20)6-7-15(13)22)17(27)25(18(28)24-19)10-16(26)23-9-11-4-2-3-5-14(11)21/h2-8H,9-10H2,1H3,(H,23,26)(H,24,28)/t19-/m0/s1. The Bertz CT molecular complexity index is 966. The SMILES string of the molecule is C[C@@]1(c2cc(F)ccc2F)NC(=O)N(CC(=O)NCc2ccccc2F)C1=O. The minimum Gasteiger partial charge on any atom is -0.350 e. The molecule has 1 aliphatic rings. The Kier molecular flexibility index (Phi) is 5.08. The van der Waals surface area contributed by atoms with Gasteiger partial charge >= 0.3 is 6.03 Å². The van der Waals surface area contributed by atoms with Gasteiger partial charge in [-0.1, -0.05) is 18.2 Å². The summed E-state index contributed by atoms with van der Waals surface area (Å²) in [5, 5.41) is 4.70. The van der Waals surface area contributed by atoms with Crippen LogP contribution in [0.5, 0.6) is 0 Å². The van der Waals surface area contributed by atoms with Crippen LogP contribution in [-0.4, -0.2) is 29.3 Å². The van der Waals surface area contributed by atoms with Crippen molar-refractivity contribution in [3.63, 3.8) is 0 Å². The molecular formula is C19H16F3N3O3. The number of rotatable bonds is 5. The van der Waals surface area contributed by atoms with Gasteiger partial charge < -0.3 is 10.6 Å². The number of hydrogen-bond donors (Lipinski definition) is 2. The molecule has 0 radical (unpaired) electrons. The molecule has 2 aromatic rings. The van der Waals surface area contributed by atoms with Gasteiger partial charge in [-0.25, -0.2) is 18.0 Å². The number of carbonyl (C=O) groups excluding carboxylic acids is 3. The second kappa shape index (κ2) is 7.34. The Morgan fingerprint density at radius 3 is 2.54 bits per heavy atom. The van der Waals surface area contributed by atoms with Crippen LogP contribution >= 0.6 is 0 Å². The van der Waals surface area contributed by atoms with Gasteiger partial charge in [-0.15, -0.1) is 0 Å². The zero-order valence-corrected chi connectivity index (χ0v) is 14.8. The molecule has 28 heavy (non-hydrogen) atoms. The predicted molar refractivity (Wildman–Crippen MR) is 92.2 cm³/mol. The Labute approximate surface area is 158 Å². The van der Waals surface area contributed by atoms with E-state index < -0.39 is 47.4 Å². The molecule has 6 nitrogen and oxygen atoms in total. The molecule has 1 aliphatic heterocycles. The first-order valence-electron chi connectivity index (χ1n) is 8.32. The van der Waals surface area contributed by atoms with Crippen molar-refractivity contribution in [2.75, 3.05) is 6.54 Å². The molecule has 0 spiro atoms. The molecule has 0 unspecified atom stereocenters. The summed E-state index contributed by atoms with van der Waals surface area (Å²) < 4.78 is 41.2. The highest BCUT2D eigenvalue weighted by molar-refractivity contribution is 6.09. The van der Waals surface area contributed by atoms with Crippen molar-refractivity contribution >= 4 is 17.8 Å². The maximum atomic E-state index is 14.1. The molecule has 4 amide bonds. The number of carbonyl (C=O) groups is 3. The topological polar surface area (TPSA) is 78.5 Å². The molecule has 9 heteroatoms. The summed E-state index contributed by atoms with van der Waals surface area (Å²) in [4.78, 5) is 37.6. The summed E-state index contributed by atoms with van der Waals surface area (Å²) in [5.41, 5.74) is -1.96. The van der Waals surface area contributed by atoms with E-state index in [-0.39, 0.29) is 17.7 Å². The minimum absolute atomic E-state index is 0.134. The average molecular weight is 391 g/mol. The molecule has 146 valence electrons.